The van der Waals surface area contributed by atoms with Crippen molar-refractivity contribution >= 4 is 5.91 Å². The number of aromatic nitrogens is 1. The van der Waals surface area contributed by atoms with Crippen molar-refractivity contribution in [2.24, 2.45) is 5.73 Å². The molecule has 0 unspecified atom stereocenters. The molecule has 3 N–H and O–H groups in total. The molecule has 1 fully saturated rings. The minimum absolute atomic E-state index is 0.200. The molecular weight excluding hydrogens is 270 g/mol. The van der Waals surface area contributed by atoms with Crippen LogP contribution in [0.5, 0.6) is 5.88 Å². The van der Waals surface area contributed by atoms with Crippen molar-refractivity contribution in [3.63, 3.8) is 0 Å². The number of hydrogen-bond donors (Lipinski definition) is 2. The smallest absolute Gasteiger partial charge is 0.256 e. The Morgan fingerprint density at radius 2 is 2.19 bits per heavy atom. The second-order valence-corrected chi connectivity index (χ2v) is 5.22. The van der Waals surface area contributed by atoms with Gasteiger partial charge in [0.2, 0.25) is 5.88 Å². The lowest BCUT2D eigenvalue weighted by Crippen LogP contribution is -2.33. The number of nitrogens with one attached hydrogen (secondary N) is 1. The predicted molar refractivity (Wildman–Crippen MR) is 79.3 cm³/mol. The molecule has 6 nitrogen and oxygen atoms in total. The summed E-state index contributed by atoms with van der Waals surface area (Å²) in [5.41, 5.74) is 6.29. The number of nitrogens with zero attached hydrogens (tertiary/aromatic N) is 1. The van der Waals surface area contributed by atoms with Crippen molar-refractivity contribution in [1.82, 2.24) is 10.3 Å². The molecule has 6 heteroatoms. The first-order valence-electron chi connectivity index (χ1n) is 7.35. The topological polar surface area (TPSA) is 86.5 Å². The van der Waals surface area contributed by atoms with Gasteiger partial charge < -0.3 is 20.5 Å². The molecule has 1 aliphatic carbocycles. The molecule has 1 saturated carbocycles. The number of hydrogen-bond acceptors (Lipinski definition) is 5. The zero-order valence-electron chi connectivity index (χ0n) is 12.4. The second-order valence-electron chi connectivity index (χ2n) is 5.22. The summed E-state index contributed by atoms with van der Waals surface area (Å²) in [5.74, 6) is 0.131. The van der Waals surface area contributed by atoms with E-state index < -0.39 is 0 Å². The molecule has 1 heterocycles. The minimum atomic E-state index is -0.200. The van der Waals surface area contributed by atoms with Gasteiger partial charge in [0, 0.05) is 18.8 Å². The average Bonchev–Trinajstić information content (AvgIpc) is 2.53. The Kier molecular flexibility index (Phi) is 5.95. The highest BCUT2D eigenvalue weighted by Crippen LogP contribution is 2.19. The largest absolute Gasteiger partial charge is 0.480 e. The summed E-state index contributed by atoms with van der Waals surface area (Å²) in [6.45, 7) is 0.980. The molecule has 116 valence electrons. The van der Waals surface area contributed by atoms with Crippen LogP contribution in [0.2, 0.25) is 0 Å². The van der Waals surface area contributed by atoms with Crippen LogP contribution in [0.3, 0.4) is 0 Å². The quantitative estimate of drug-likeness (QED) is 0.767. The summed E-state index contributed by atoms with van der Waals surface area (Å²) >= 11 is 0. The van der Waals surface area contributed by atoms with Gasteiger partial charge in [0.15, 0.2) is 0 Å². The van der Waals surface area contributed by atoms with E-state index in [1.807, 2.05) is 0 Å². The Bertz CT molecular complexity index is 459. The third kappa shape index (κ3) is 4.68. The maximum Gasteiger partial charge on any atom is 0.256 e. The van der Waals surface area contributed by atoms with Crippen LogP contribution >= 0.6 is 0 Å². The summed E-state index contributed by atoms with van der Waals surface area (Å²) in [5, 5.41) is 2.81. The van der Waals surface area contributed by atoms with Crippen LogP contribution in [0.15, 0.2) is 18.3 Å². The van der Waals surface area contributed by atoms with Crippen LogP contribution in [0.4, 0.5) is 0 Å². The highest BCUT2D eigenvalue weighted by molar-refractivity contribution is 5.96. The fraction of sp³-hybridized carbons (Fsp3) is 0.600. The SMILES string of the molecule is COc1ncccc1C(=O)NCCOC1CCC(N)CC1. The number of methoxy groups -OCH3 is 1. The van der Waals surface area contributed by atoms with Crippen LogP contribution in [0.25, 0.3) is 0 Å². The van der Waals surface area contributed by atoms with Crippen LogP contribution in [0.1, 0.15) is 36.0 Å². The highest BCUT2D eigenvalue weighted by Gasteiger charge is 2.19. The van der Waals surface area contributed by atoms with Gasteiger partial charge in [-0.2, -0.15) is 0 Å². The zero-order valence-corrected chi connectivity index (χ0v) is 12.4. The normalized spacial score (nSPS) is 21.8. The fourth-order valence-electron chi connectivity index (χ4n) is 2.47. The van der Waals surface area contributed by atoms with Gasteiger partial charge in [-0.25, -0.2) is 4.98 Å². The number of pyridine rings is 1. The van der Waals surface area contributed by atoms with Crippen molar-refractivity contribution in [2.45, 2.75) is 37.8 Å². The van der Waals surface area contributed by atoms with E-state index >= 15 is 0 Å². The predicted octanol–water partition coefficient (Wildman–Crippen LogP) is 1.11. The van der Waals surface area contributed by atoms with E-state index in [0.29, 0.717) is 30.6 Å². The molecule has 0 saturated heterocycles. The molecule has 0 aliphatic heterocycles. The molecule has 0 aromatic carbocycles. The van der Waals surface area contributed by atoms with Gasteiger partial charge in [-0.1, -0.05) is 0 Å². The molecule has 0 radical (unpaired) electrons. The van der Waals surface area contributed by atoms with Crippen molar-refractivity contribution in [3.05, 3.63) is 23.9 Å². The first-order valence-corrected chi connectivity index (χ1v) is 7.35. The molecule has 1 aromatic rings. The Labute approximate surface area is 125 Å². The lowest BCUT2D eigenvalue weighted by molar-refractivity contribution is 0.0267. The lowest BCUT2D eigenvalue weighted by Gasteiger charge is -2.26. The minimum Gasteiger partial charge on any atom is -0.480 e. The third-order valence-corrected chi connectivity index (χ3v) is 3.67. The highest BCUT2D eigenvalue weighted by atomic mass is 16.5. The molecule has 0 atom stereocenters. The van der Waals surface area contributed by atoms with Crippen molar-refractivity contribution in [3.8, 4) is 5.88 Å². The Hall–Kier alpha value is -1.66. The average molecular weight is 293 g/mol. The van der Waals surface area contributed by atoms with Crippen molar-refractivity contribution in [1.29, 1.82) is 0 Å². The molecule has 1 amide bonds. The lowest BCUT2D eigenvalue weighted by atomic mass is 9.94. The summed E-state index contributed by atoms with van der Waals surface area (Å²) < 4.78 is 10.8. The molecule has 2 rings (SSSR count). The number of nitrogens with two attached hydrogens (primary N) is 1. The summed E-state index contributed by atoms with van der Waals surface area (Å²) in [6, 6.07) is 3.71. The molecule has 1 aromatic heterocycles. The summed E-state index contributed by atoms with van der Waals surface area (Å²) in [4.78, 5) is 16.0. The van der Waals surface area contributed by atoms with Gasteiger partial charge >= 0.3 is 0 Å². The maximum atomic E-state index is 12.0. The first kappa shape index (κ1) is 15.7. The van der Waals surface area contributed by atoms with Crippen molar-refractivity contribution < 1.29 is 14.3 Å². The Morgan fingerprint density at radius 3 is 2.90 bits per heavy atom. The van der Waals surface area contributed by atoms with Crippen molar-refractivity contribution in [2.75, 3.05) is 20.3 Å². The maximum absolute atomic E-state index is 12.0. The molecule has 0 spiro atoms. The molecule has 0 bridgehead atoms. The summed E-state index contributed by atoms with van der Waals surface area (Å²) in [7, 11) is 1.50. The third-order valence-electron chi connectivity index (χ3n) is 3.67. The van der Waals surface area contributed by atoms with Gasteiger partial charge in [-0.05, 0) is 37.8 Å². The van der Waals surface area contributed by atoms with E-state index in [9.17, 15) is 4.79 Å². The fourth-order valence-corrected chi connectivity index (χ4v) is 2.47. The standard InChI is InChI=1S/C15H23N3O3/c1-20-15-13(3-2-8-18-15)14(19)17-9-10-21-12-6-4-11(16)5-7-12/h2-3,8,11-12H,4-7,9-10,16H2,1H3,(H,17,19). The van der Waals surface area contributed by atoms with Gasteiger partial charge in [0.1, 0.15) is 5.56 Å². The van der Waals surface area contributed by atoms with Gasteiger partial charge in [0.05, 0.1) is 19.8 Å². The van der Waals surface area contributed by atoms with Gasteiger partial charge in [-0.15, -0.1) is 0 Å². The second kappa shape index (κ2) is 7.95. The molecule has 21 heavy (non-hydrogen) atoms. The van der Waals surface area contributed by atoms with Crippen LogP contribution < -0.4 is 15.8 Å². The van der Waals surface area contributed by atoms with E-state index in [-0.39, 0.29) is 12.0 Å². The van der Waals surface area contributed by atoms with E-state index in [1.165, 1.54) is 7.11 Å². The Balaban J connectivity index is 1.70. The number of carbonyl (C=O) groups excluding carboxylic acids is 1. The van der Waals surface area contributed by atoms with E-state index in [0.717, 1.165) is 25.7 Å². The van der Waals surface area contributed by atoms with Crippen LogP contribution in [-0.4, -0.2) is 43.3 Å². The van der Waals surface area contributed by atoms with Crippen LogP contribution in [-0.2, 0) is 4.74 Å². The Morgan fingerprint density at radius 1 is 1.43 bits per heavy atom. The molecule has 1 aliphatic rings. The van der Waals surface area contributed by atoms with E-state index in [2.05, 4.69) is 10.3 Å². The number of carbonyl (C=O) groups is 1. The van der Waals surface area contributed by atoms with E-state index in [4.69, 9.17) is 15.2 Å². The number of amides is 1. The van der Waals surface area contributed by atoms with E-state index in [1.54, 1.807) is 18.3 Å². The zero-order chi connectivity index (χ0) is 15.1. The van der Waals surface area contributed by atoms with Gasteiger partial charge in [-0.3, -0.25) is 4.79 Å². The number of ether oxygens (including phenoxy) is 2. The molecular formula is C15H23N3O3. The van der Waals surface area contributed by atoms with Gasteiger partial charge in [0.25, 0.3) is 5.91 Å². The number of rotatable bonds is 6. The first-order chi connectivity index (χ1) is 10.2. The van der Waals surface area contributed by atoms with Crippen LogP contribution in [0, 0.1) is 0 Å². The summed E-state index contributed by atoms with van der Waals surface area (Å²) in [6.07, 6.45) is 5.91. The monoisotopic (exact) mass is 293 g/mol.